The van der Waals surface area contributed by atoms with E-state index in [1.54, 1.807) is 0 Å². The van der Waals surface area contributed by atoms with Crippen LogP contribution in [-0.4, -0.2) is 11.5 Å². The van der Waals surface area contributed by atoms with E-state index in [2.05, 4.69) is 64.9 Å². The van der Waals surface area contributed by atoms with E-state index >= 15 is 0 Å². The lowest BCUT2D eigenvalue weighted by atomic mass is 9.96. The van der Waals surface area contributed by atoms with Gasteiger partial charge in [-0.3, -0.25) is 4.98 Å². The van der Waals surface area contributed by atoms with Gasteiger partial charge < -0.3 is 5.32 Å². The molecule has 4 rings (SSSR count). The van der Waals surface area contributed by atoms with Gasteiger partial charge in [0, 0.05) is 29.2 Å². The van der Waals surface area contributed by atoms with Gasteiger partial charge in [-0.2, -0.15) is 0 Å². The molecule has 3 aromatic rings. The highest BCUT2D eigenvalue weighted by Gasteiger charge is 2.43. The minimum absolute atomic E-state index is 0.338. The normalized spacial score (nSPS) is 15.8. The number of benzene rings is 2. The molecule has 0 amide bonds. The molecule has 0 saturated heterocycles. The summed E-state index contributed by atoms with van der Waals surface area (Å²) >= 11 is 0. The zero-order chi connectivity index (χ0) is 14.1. The van der Waals surface area contributed by atoms with Crippen LogP contribution in [0.25, 0.3) is 10.9 Å². The molecule has 1 heterocycles. The summed E-state index contributed by atoms with van der Waals surface area (Å²) in [6.07, 6.45) is 4.39. The van der Waals surface area contributed by atoms with Gasteiger partial charge in [0.2, 0.25) is 0 Å². The van der Waals surface area contributed by atoms with E-state index < -0.39 is 0 Å². The van der Waals surface area contributed by atoms with Crippen molar-refractivity contribution < 1.29 is 0 Å². The van der Waals surface area contributed by atoms with Crippen molar-refractivity contribution in [1.82, 2.24) is 4.98 Å². The van der Waals surface area contributed by atoms with Crippen molar-refractivity contribution in [2.75, 3.05) is 11.9 Å². The first-order chi connectivity index (χ1) is 10.4. The van der Waals surface area contributed by atoms with E-state index in [9.17, 15) is 0 Å². The highest BCUT2D eigenvalue weighted by atomic mass is 14.9. The van der Waals surface area contributed by atoms with Gasteiger partial charge in [-0.05, 0) is 42.7 Å². The number of anilines is 1. The largest absolute Gasteiger partial charge is 0.384 e. The lowest BCUT2D eigenvalue weighted by Crippen LogP contribution is -2.19. The van der Waals surface area contributed by atoms with E-state index in [-0.39, 0.29) is 0 Å². The molecule has 1 fully saturated rings. The Balaban J connectivity index is 1.53. The molecule has 2 heteroatoms. The molecular formula is C19H18N2. The van der Waals surface area contributed by atoms with Gasteiger partial charge in [0.1, 0.15) is 0 Å². The smallest absolute Gasteiger partial charge is 0.0703 e. The van der Waals surface area contributed by atoms with Crippen molar-refractivity contribution >= 4 is 16.6 Å². The van der Waals surface area contributed by atoms with Crippen molar-refractivity contribution in [2.24, 2.45) is 0 Å². The predicted molar refractivity (Wildman–Crippen MR) is 87.6 cm³/mol. The first-order valence-corrected chi connectivity index (χ1v) is 7.50. The van der Waals surface area contributed by atoms with E-state index in [1.165, 1.54) is 29.5 Å². The lowest BCUT2D eigenvalue weighted by molar-refractivity contribution is 0.733. The van der Waals surface area contributed by atoms with E-state index in [1.807, 2.05) is 12.3 Å². The van der Waals surface area contributed by atoms with Crippen LogP contribution in [0.5, 0.6) is 0 Å². The molecule has 2 nitrogen and oxygen atoms in total. The van der Waals surface area contributed by atoms with Gasteiger partial charge in [-0.15, -0.1) is 0 Å². The van der Waals surface area contributed by atoms with Crippen molar-refractivity contribution in [3.8, 4) is 0 Å². The molecule has 0 unspecified atom stereocenters. The SMILES string of the molecule is c1ccc(C2(CNc3ccc4ncccc4c3)CC2)cc1. The fraction of sp³-hybridized carbons (Fsp3) is 0.211. The summed E-state index contributed by atoms with van der Waals surface area (Å²) in [7, 11) is 0. The van der Waals surface area contributed by atoms with Crippen molar-refractivity contribution in [2.45, 2.75) is 18.3 Å². The summed E-state index contributed by atoms with van der Waals surface area (Å²) in [6, 6.07) is 21.3. The van der Waals surface area contributed by atoms with Gasteiger partial charge in [-0.1, -0.05) is 36.4 Å². The van der Waals surface area contributed by atoms with Crippen molar-refractivity contribution in [3.63, 3.8) is 0 Å². The molecule has 1 aromatic heterocycles. The second kappa shape index (κ2) is 4.88. The molecule has 21 heavy (non-hydrogen) atoms. The monoisotopic (exact) mass is 274 g/mol. The molecular weight excluding hydrogens is 256 g/mol. The quantitative estimate of drug-likeness (QED) is 0.763. The van der Waals surface area contributed by atoms with Crippen LogP contribution in [-0.2, 0) is 5.41 Å². The first kappa shape index (κ1) is 12.4. The average Bonchev–Trinajstić information content (AvgIpc) is 3.35. The summed E-state index contributed by atoms with van der Waals surface area (Å²) in [5.41, 5.74) is 4.02. The molecule has 0 spiro atoms. The van der Waals surface area contributed by atoms with E-state index in [0.717, 1.165) is 12.1 Å². The molecule has 2 aromatic carbocycles. The maximum absolute atomic E-state index is 4.36. The molecule has 0 radical (unpaired) electrons. The number of nitrogens with one attached hydrogen (secondary N) is 1. The van der Waals surface area contributed by atoms with E-state index in [0.29, 0.717) is 5.41 Å². The number of hydrogen-bond donors (Lipinski definition) is 1. The zero-order valence-corrected chi connectivity index (χ0v) is 11.9. The fourth-order valence-electron chi connectivity index (χ4n) is 2.97. The van der Waals surface area contributed by atoms with Crippen LogP contribution in [0.2, 0.25) is 0 Å². The number of hydrogen-bond acceptors (Lipinski definition) is 2. The highest BCUT2D eigenvalue weighted by molar-refractivity contribution is 5.82. The second-order valence-electron chi connectivity index (χ2n) is 5.91. The standard InChI is InChI=1S/C19H18N2/c1-2-6-16(7-3-1)19(10-11-19)14-21-17-8-9-18-15(13-17)5-4-12-20-18/h1-9,12-13,21H,10-11,14H2. The molecule has 1 N–H and O–H groups in total. The third kappa shape index (κ3) is 2.38. The van der Waals surface area contributed by atoms with Gasteiger partial charge in [0.15, 0.2) is 0 Å². The minimum Gasteiger partial charge on any atom is -0.384 e. The maximum Gasteiger partial charge on any atom is 0.0703 e. The molecule has 0 bridgehead atoms. The third-order valence-corrected chi connectivity index (χ3v) is 4.47. The topological polar surface area (TPSA) is 24.9 Å². The number of rotatable bonds is 4. The van der Waals surface area contributed by atoms with Crippen LogP contribution >= 0.6 is 0 Å². The third-order valence-electron chi connectivity index (χ3n) is 4.47. The maximum atomic E-state index is 4.36. The van der Waals surface area contributed by atoms with Gasteiger partial charge >= 0.3 is 0 Å². The minimum atomic E-state index is 0.338. The van der Waals surface area contributed by atoms with Crippen LogP contribution in [0.3, 0.4) is 0 Å². The number of nitrogens with zero attached hydrogens (tertiary/aromatic N) is 1. The molecule has 0 atom stereocenters. The first-order valence-electron chi connectivity index (χ1n) is 7.50. The average molecular weight is 274 g/mol. The Kier molecular flexibility index (Phi) is 2.88. The van der Waals surface area contributed by atoms with Gasteiger partial charge in [0.05, 0.1) is 5.52 Å². The number of fused-ring (bicyclic) bond motifs is 1. The van der Waals surface area contributed by atoms with E-state index in [4.69, 9.17) is 0 Å². The summed E-state index contributed by atoms with van der Waals surface area (Å²) in [5, 5.41) is 4.80. The summed E-state index contributed by atoms with van der Waals surface area (Å²) in [4.78, 5) is 4.36. The Morgan fingerprint density at radius 3 is 2.62 bits per heavy atom. The summed E-state index contributed by atoms with van der Waals surface area (Å²) < 4.78 is 0. The van der Waals surface area contributed by atoms with Crippen LogP contribution in [0.4, 0.5) is 5.69 Å². The molecule has 1 aliphatic carbocycles. The lowest BCUT2D eigenvalue weighted by Gasteiger charge is -2.17. The van der Waals surface area contributed by atoms with Crippen molar-refractivity contribution in [1.29, 1.82) is 0 Å². The molecule has 0 aliphatic heterocycles. The fourth-order valence-corrected chi connectivity index (χ4v) is 2.97. The molecule has 1 aliphatic rings. The number of pyridine rings is 1. The zero-order valence-electron chi connectivity index (χ0n) is 11.9. The van der Waals surface area contributed by atoms with Crippen LogP contribution in [0.15, 0.2) is 66.9 Å². The van der Waals surface area contributed by atoms with Gasteiger partial charge in [-0.25, -0.2) is 0 Å². The Hall–Kier alpha value is -2.35. The predicted octanol–water partition coefficient (Wildman–Crippen LogP) is 4.38. The van der Waals surface area contributed by atoms with Crippen LogP contribution in [0.1, 0.15) is 18.4 Å². The Morgan fingerprint density at radius 2 is 1.81 bits per heavy atom. The van der Waals surface area contributed by atoms with Crippen LogP contribution in [0, 0.1) is 0 Å². The summed E-state index contributed by atoms with van der Waals surface area (Å²) in [5.74, 6) is 0. The number of aromatic nitrogens is 1. The van der Waals surface area contributed by atoms with Gasteiger partial charge in [0.25, 0.3) is 0 Å². The Morgan fingerprint density at radius 1 is 0.952 bits per heavy atom. The highest BCUT2D eigenvalue weighted by Crippen LogP contribution is 2.48. The van der Waals surface area contributed by atoms with Crippen molar-refractivity contribution in [3.05, 3.63) is 72.4 Å². The molecule has 1 saturated carbocycles. The second-order valence-corrected chi connectivity index (χ2v) is 5.91. The Labute approximate surface area is 124 Å². The molecule has 104 valence electrons. The van der Waals surface area contributed by atoms with Crippen LogP contribution < -0.4 is 5.32 Å². The summed E-state index contributed by atoms with van der Waals surface area (Å²) in [6.45, 7) is 1.00. The Bertz CT molecular complexity index is 761.